The first-order chi connectivity index (χ1) is 16.8. The molecule has 0 amide bonds. The minimum absolute atomic E-state index is 0.0282. The van der Waals surface area contributed by atoms with E-state index in [0.717, 1.165) is 18.2 Å². The maximum atomic E-state index is 14.5. The largest absolute Gasteiger partial charge is 0.478 e. The molecule has 0 unspecified atom stereocenters. The van der Waals surface area contributed by atoms with Crippen LogP contribution in [0.2, 0.25) is 0 Å². The lowest BCUT2D eigenvalue weighted by molar-refractivity contribution is -0.132. The van der Waals surface area contributed by atoms with Gasteiger partial charge in [-0.25, -0.2) is 23.4 Å². The molecule has 0 aliphatic heterocycles. The van der Waals surface area contributed by atoms with Gasteiger partial charge in [0.15, 0.2) is 11.6 Å². The Hall–Kier alpha value is -4.85. The summed E-state index contributed by atoms with van der Waals surface area (Å²) in [4.78, 5) is 29.1. The van der Waals surface area contributed by atoms with Crippen molar-refractivity contribution >= 4 is 24.1 Å². The first-order valence-electron chi connectivity index (χ1n) is 10.4. The van der Waals surface area contributed by atoms with Crippen molar-refractivity contribution in [2.24, 2.45) is 0 Å². The van der Waals surface area contributed by atoms with E-state index < -0.39 is 23.6 Å². The van der Waals surface area contributed by atoms with Crippen LogP contribution in [0.15, 0.2) is 78.9 Å². The molecule has 0 aliphatic carbocycles. The van der Waals surface area contributed by atoms with E-state index in [1.807, 2.05) is 0 Å². The topological polar surface area (TPSA) is 103 Å². The Morgan fingerprint density at radius 2 is 1.31 bits per heavy atom. The van der Waals surface area contributed by atoms with Crippen molar-refractivity contribution in [3.05, 3.63) is 102 Å². The second-order valence-corrected chi connectivity index (χ2v) is 7.50. The zero-order valence-electron chi connectivity index (χ0n) is 18.1. The Kier molecular flexibility index (Phi) is 6.64. The molecule has 8 heteroatoms. The number of H-pyrrole nitrogens is 1. The summed E-state index contributed by atoms with van der Waals surface area (Å²) in [5, 5.41) is 17.6. The van der Waals surface area contributed by atoms with Crippen LogP contribution in [0.25, 0.3) is 46.1 Å². The van der Waals surface area contributed by atoms with Gasteiger partial charge in [0, 0.05) is 23.3 Å². The monoisotopic (exact) mass is 472 g/mol. The summed E-state index contributed by atoms with van der Waals surface area (Å²) in [5.41, 5.74) is 3.69. The Morgan fingerprint density at radius 1 is 0.771 bits per heavy atom. The molecule has 4 aromatic rings. The summed E-state index contributed by atoms with van der Waals surface area (Å²) >= 11 is 0. The molecule has 0 spiro atoms. The summed E-state index contributed by atoms with van der Waals surface area (Å²) < 4.78 is 28.3. The maximum absolute atomic E-state index is 14.5. The summed E-state index contributed by atoms with van der Waals surface area (Å²) in [7, 11) is 0. The third kappa shape index (κ3) is 5.39. The lowest BCUT2D eigenvalue weighted by atomic mass is 10.0. The molecule has 35 heavy (non-hydrogen) atoms. The van der Waals surface area contributed by atoms with E-state index in [2.05, 4.69) is 9.97 Å². The summed E-state index contributed by atoms with van der Waals surface area (Å²) in [5.74, 6) is -4.01. The number of benzene rings is 3. The molecule has 0 radical (unpaired) electrons. The van der Waals surface area contributed by atoms with Gasteiger partial charge in [0.1, 0.15) is 5.82 Å². The molecule has 6 nitrogen and oxygen atoms in total. The fourth-order valence-electron chi connectivity index (χ4n) is 3.45. The summed E-state index contributed by atoms with van der Waals surface area (Å²) in [6.45, 7) is 0. The molecule has 0 saturated heterocycles. The Morgan fingerprint density at radius 3 is 1.86 bits per heavy atom. The lowest BCUT2D eigenvalue weighted by Crippen LogP contribution is -1.90. The van der Waals surface area contributed by atoms with Gasteiger partial charge >= 0.3 is 11.9 Å². The number of aromatic amines is 1. The predicted molar refractivity (Wildman–Crippen MR) is 128 cm³/mol. The number of hydrogen-bond acceptors (Lipinski definition) is 3. The van der Waals surface area contributed by atoms with Crippen LogP contribution < -0.4 is 0 Å². The predicted octanol–water partition coefficient (Wildman–Crippen LogP) is 5.88. The summed E-state index contributed by atoms with van der Waals surface area (Å²) in [6.07, 6.45) is 4.97. The number of halogens is 2. The highest BCUT2D eigenvalue weighted by Crippen LogP contribution is 2.34. The number of aromatic nitrogens is 2. The molecular weight excluding hydrogens is 454 g/mol. The minimum atomic E-state index is -1.06. The second-order valence-electron chi connectivity index (χ2n) is 7.50. The molecular formula is C27H18F2N2O4. The molecule has 0 bridgehead atoms. The van der Waals surface area contributed by atoms with E-state index >= 15 is 0 Å². The molecule has 1 heterocycles. The van der Waals surface area contributed by atoms with Crippen molar-refractivity contribution in [1.82, 2.24) is 9.97 Å². The summed E-state index contributed by atoms with van der Waals surface area (Å²) in [6, 6.07) is 17.7. The van der Waals surface area contributed by atoms with E-state index in [4.69, 9.17) is 10.2 Å². The number of nitrogens with one attached hydrogen (secondary N) is 1. The first kappa shape index (κ1) is 23.3. The van der Waals surface area contributed by atoms with Gasteiger partial charge in [-0.05, 0) is 35.4 Å². The van der Waals surface area contributed by atoms with Gasteiger partial charge < -0.3 is 15.2 Å². The van der Waals surface area contributed by atoms with Gasteiger partial charge in [-0.15, -0.1) is 0 Å². The number of imidazole rings is 1. The van der Waals surface area contributed by atoms with E-state index in [1.165, 1.54) is 24.3 Å². The second kappa shape index (κ2) is 9.96. The molecule has 3 N–H and O–H groups in total. The van der Waals surface area contributed by atoms with Crippen molar-refractivity contribution in [2.75, 3.05) is 0 Å². The number of rotatable bonds is 7. The highest BCUT2D eigenvalue weighted by atomic mass is 19.2. The average molecular weight is 472 g/mol. The standard InChI is InChI=1S/C27H18F2N2O4/c28-21-3-1-2-20(24(21)29)27-30-25(18-10-4-16(5-11-18)8-14-22(32)33)26(31-27)19-12-6-17(7-13-19)9-15-23(34)35/h1-15H,(H,30,31)(H,32,33)(H,34,35). The van der Waals surface area contributed by atoms with E-state index in [9.17, 15) is 18.4 Å². The molecule has 0 saturated carbocycles. The fourth-order valence-corrected chi connectivity index (χ4v) is 3.45. The number of carboxylic acid groups (broad SMARTS) is 2. The number of carboxylic acids is 2. The molecule has 1 aromatic heterocycles. The Balaban J connectivity index is 1.80. The number of hydrogen-bond donors (Lipinski definition) is 3. The van der Waals surface area contributed by atoms with Crippen LogP contribution in [0.1, 0.15) is 11.1 Å². The van der Waals surface area contributed by atoms with Crippen LogP contribution in [0, 0.1) is 11.6 Å². The molecule has 174 valence electrons. The van der Waals surface area contributed by atoms with Crippen molar-refractivity contribution in [1.29, 1.82) is 0 Å². The normalized spacial score (nSPS) is 11.4. The van der Waals surface area contributed by atoms with Crippen LogP contribution in [-0.2, 0) is 9.59 Å². The van der Waals surface area contributed by atoms with E-state index in [1.54, 1.807) is 48.5 Å². The van der Waals surface area contributed by atoms with Crippen LogP contribution in [0.4, 0.5) is 8.78 Å². The van der Waals surface area contributed by atoms with Gasteiger partial charge in [0.2, 0.25) is 0 Å². The lowest BCUT2D eigenvalue weighted by Gasteiger charge is -2.05. The molecule has 4 rings (SSSR count). The van der Waals surface area contributed by atoms with E-state index in [-0.39, 0.29) is 11.4 Å². The number of nitrogens with zero attached hydrogens (tertiary/aromatic N) is 1. The minimum Gasteiger partial charge on any atom is -0.478 e. The van der Waals surface area contributed by atoms with Crippen molar-refractivity contribution in [2.45, 2.75) is 0 Å². The smallest absolute Gasteiger partial charge is 0.328 e. The SMILES string of the molecule is O=C(O)C=Cc1ccc(-c2nc(-c3cccc(F)c3F)[nH]c2-c2ccc(C=CC(=O)O)cc2)cc1. The molecule has 0 atom stereocenters. The zero-order chi connectivity index (χ0) is 24.9. The first-order valence-corrected chi connectivity index (χ1v) is 10.4. The van der Waals surface area contributed by atoms with Crippen molar-refractivity contribution in [3.8, 4) is 33.9 Å². The fraction of sp³-hybridized carbons (Fsp3) is 0. The quantitative estimate of drug-likeness (QED) is 0.291. The van der Waals surface area contributed by atoms with E-state index in [0.29, 0.717) is 33.6 Å². The Bertz CT molecular complexity index is 1370. The van der Waals surface area contributed by atoms with Crippen molar-refractivity contribution in [3.63, 3.8) is 0 Å². The van der Waals surface area contributed by atoms with Gasteiger partial charge in [-0.2, -0.15) is 0 Å². The van der Waals surface area contributed by atoms with Crippen molar-refractivity contribution < 1.29 is 28.6 Å². The third-order valence-corrected chi connectivity index (χ3v) is 5.13. The van der Waals surface area contributed by atoms with Gasteiger partial charge in [-0.3, -0.25) is 0 Å². The highest BCUT2D eigenvalue weighted by Gasteiger charge is 2.18. The molecule has 3 aromatic carbocycles. The van der Waals surface area contributed by atoms with Crippen LogP contribution in [0.3, 0.4) is 0 Å². The van der Waals surface area contributed by atoms with Crippen LogP contribution in [0.5, 0.6) is 0 Å². The van der Waals surface area contributed by atoms with Gasteiger partial charge in [0.05, 0.1) is 17.0 Å². The third-order valence-electron chi connectivity index (χ3n) is 5.13. The van der Waals surface area contributed by atoms with Crippen LogP contribution in [-0.4, -0.2) is 32.1 Å². The maximum Gasteiger partial charge on any atom is 0.328 e. The number of aliphatic carboxylic acids is 2. The average Bonchev–Trinajstić information content (AvgIpc) is 3.29. The van der Waals surface area contributed by atoms with Crippen LogP contribution >= 0.6 is 0 Å². The Labute approximate surface area is 198 Å². The molecule has 0 aliphatic rings. The van der Waals surface area contributed by atoms with Gasteiger partial charge in [-0.1, -0.05) is 54.6 Å². The number of carbonyl (C=O) groups is 2. The zero-order valence-corrected chi connectivity index (χ0v) is 18.1. The van der Waals surface area contributed by atoms with Gasteiger partial charge in [0.25, 0.3) is 0 Å². The highest BCUT2D eigenvalue weighted by molar-refractivity contribution is 5.87. The molecule has 0 fully saturated rings.